The molecular formula is C12H20N2O6. The second-order valence-electron chi connectivity index (χ2n) is 5.39. The number of hydrogen-bond acceptors (Lipinski definition) is 5. The van der Waals surface area contributed by atoms with E-state index in [1.807, 2.05) is 0 Å². The Balaban J connectivity index is 1.79. The van der Waals surface area contributed by atoms with Gasteiger partial charge in [0.25, 0.3) is 0 Å². The van der Waals surface area contributed by atoms with E-state index >= 15 is 0 Å². The van der Waals surface area contributed by atoms with Crippen LogP contribution in [-0.2, 0) is 14.3 Å². The number of rotatable bonds is 4. The smallest absolute Gasteiger partial charge is 0.329 e. The molecule has 20 heavy (non-hydrogen) atoms. The molecule has 2 N–H and O–H groups in total. The molecule has 2 amide bonds. The number of carbonyl (C=O) groups is 2. The number of carboxylic acids is 1. The van der Waals surface area contributed by atoms with Crippen LogP contribution in [0.3, 0.4) is 0 Å². The van der Waals surface area contributed by atoms with Crippen LogP contribution in [0, 0.1) is 0 Å². The van der Waals surface area contributed by atoms with E-state index in [0.29, 0.717) is 32.8 Å². The van der Waals surface area contributed by atoms with Crippen LogP contribution in [0.2, 0.25) is 0 Å². The maximum Gasteiger partial charge on any atom is 0.329 e. The van der Waals surface area contributed by atoms with Crippen molar-refractivity contribution >= 4 is 12.0 Å². The minimum absolute atomic E-state index is 0.108. The molecule has 114 valence electrons. The van der Waals surface area contributed by atoms with Crippen molar-refractivity contribution in [2.24, 2.45) is 0 Å². The van der Waals surface area contributed by atoms with Crippen LogP contribution in [0.25, 0.3) is 0 Å². The molecule has 0 spiro atoms. The van der Waals surface area contributed by atoms with Gasteiger partial charge in [-0.1, -0.05) is 0 Å². The van der Waals surface area contributed by atoms with E-state index in [0.717, 1.165) is 0 Å². The van der Waals surface area contributed by atoms with E-state index in [4.69, 9.17) is 19.7 Å². The zero-order valence-electron chi connectivity index (χ0n) is 11.4. The molecular weight excluding hydrogens is 268 g/mol. The molecule has 2 aliphatic heterocycles. The first-order valence-electron chi connectivity index (χ1n) is 6.55. The predicted molar refractivity (Wildman–Crippen MR) is 67.4 cm³/mol. The van der Waals surface area contributed by atoms with Gasteiger partial charge in [-0.15, -0.1) is 0 Å². The number of ether oxygens (including phenoxy) is 2. The highest BCUT2D eigenvalue weighted by Crippen LogP contribution is 2.26. The van der Waals surface area contributed by atoms with E-state index in [1.165, 1.54) is 0 Å². The summed E-state index contributed by atoms with van der Waals surface area (Å²) in [5, 5.41) is 17.6. The summed E-state index contributed by atoms with van der Waals surface area (Å²) in [5.41, 5.74) is -0.587. The standard InChI is InChI=1S/C12H20N2O6/c1-12(20-6-10(16)17)7-14(8-12)11(18)13-2-3-19-9(4-13)5-15/h9,15H,2-8H2,1H3,(H,16,17). The molecule has 2 fully saturated rings. The normalized spacial score (nSPS) is 25.2. The molecule has 0 aliphatic carbocycles. The third-order valence-corrected chi connectivity index (χ3v) is 3.48. The molecule has 8 heteroatoms. The lowest BCUT2D eigenvalue weighted by Crippen LogP contribution is -2.66. The minimum Gasteiger partial charge on any atom is -0.480 e. The van der Waals surface area contributed by atoms with Crippen molar-refractivity contribution in [3.05, 3.63) is 0 Å². The molecule has 1 atom stereocenters. The molecule has 0 saturated carbocycles. The summed E-state index contributed by atoms with van der Waals surface area (Å²) < 4.78 is 10.6. The molecule has 0 aromatic carbocycles. The van der Waals surface area contributed by atoms with Gasteiger partial charge in [0.1, 0.15) is 12.2 Å². The van der Waals surface area contributed by atoms with Gasteiger partial charge in [0.2, 0.25) is 0 Å². The Morgan fingerprint density at radius 3 is 2.70 bits per heavy atom. The zero-order chi connectivity index (χ0) is 14.8. The lowest BCUT2D eigenvalue weighted by atomic mass is 9.97. The number of carboxylic acid groups (broad SMARTS) is 1. The third-order valence-electron chi connectivity index (χ3n) is 3.48. The van der Waals surface area contributed by atoms with Gasteiger partial charge in [0, 0.05) is 6.54 Å². The fraction of sp³-hybridized carbons (Fsp3) is 0.833. The third kappa shape index (κ3) is 3.38. The number of morpholine rings is 1. The van der Waals surface area contributed by atoms with Gasteiger partial charge in [0.05, 0.1) is 39.0 Å². The molecule has 0 aromatic heterocycles. The van der Waals surface area contributed by atoms with Crippen molar-refractivity contribution in [2.75, 3.05) is 46.0 Å². The summed E-state index contributed by atoms with van der Waals surface area (Å²) in [4.78, 5) is 25.9. The number of aliphatic hydroxyl groups excluding tert-OH is 1. The second kappa shape index (κ2) is 5.94. The highest BCUT2D eigenvalue weighted by Gasteiger charge is 2.44. The van der Waals surface area contributed by atoms with Crippen LogP contribution in [0.4, 0.5) is 4.79 Å². The van der Waals surface area contributed by atoms with Gasteiger partial charge in [0.15, 0.2) is 0 Å². The quantitative estimate of drug-likeness (QED) is 0.686. The van der Waals surface area contributed by atoms with Crippen molar-refractivity contribution in [3.8, 4) is 0 Å². The maximum atomic E-state index is 12.2. The maximum absolute atomic E-state index is 12.2. The van der Waals surface area contributed by atoms with Gasteiger partial charge < -0.3 is 29.5 Å². The van der Waals surface area contributed by atoms with Gasteiger partial charge in [-0.3, -0.25) is 0 Å². The number of carbonyl (C=O) groups excluding carboxylic acids is 1. The first-order valence-corrected chi connectivity index (χ1v) is 6.55. The fourth-order valence-electron chi connectivity index (χ4n) is 2.43. The second-order valence-corrected chi connectivity index (χ2v) is 5.39. The number of aliphatic hydroxyl groups is 1. The summed E-state index contributed by atoms with van der Waals surface area (Å²) in [5.74, 6) is -1.02. The van der Waals surface area contributed by atoms with E-state index < -0.39 is 11.6 Å². The molecule has 0 aromatic rings. The van der Waals surface area contributed by atoms with Gasteiger partial charge in [-0.25, -0.2) is 9.59 Å². The van der Waals surface area contributed by atoms with E-state index in [2.05, 4.69) is 0 Å². The van der Waals surface area contributed by atoms with Crippen molar-refractivity contribution in [1.82, 2.24) is 9.80 Å². The van der Waals surface area contributed by atoms with E-state index in [1.54, 1.807) is 16.7 Å². The summed E-state index contributed by atoms with van der Waals surface area (Å²) in [6.07, 6.45) is -0.330. The molecule has 2 saturated heterocycles. The average Bonchev–Trinajstić information content (AvgIpc) is 2.41. The van der Waals surface area contributed by atoms with E-state index in [9.17, 15) is 9.59 Å². The molecule has 1 unspecified atom stereocenters. The van der Waals surface area contributed by atoms with Crippen molar-refractivity contribution in [2.45, 2.75) is 18.6 Å². The van der Waals surface area contributed by atoms with Crippen LogP contribution in [0.5, 0.6) is 0 Å². The Morgan fingerprint density at radius 2 is 2.10 bits per heavy atom. The van der Waals surface area contributed by atoms with Crippen LogP contribution in [0.1, 0.15) is 6.92 Å². The van der Waals surface area contributed by atoms with Gasteiger partial charge >= 0.3 is 12.0 Å². The molecule has 0 bridgehead atoms. The molecule has 0 radical (unpaired) electrons. The minimum atomic E-state index is -1.02. The van der Waals surface area contributed by atoms with Gasteiger partial charge in [-0.05, 0) is 6.92 Å². The first kappa shape index (κ1) is 15.0. The van der Waals surface area contributed by atoms with Crippen LogP contribution >= 0.6 is 0 Å². The van der Waals surface area contributed by atoms with Gasteiger partial charge in [-0.2, -0.15) is 0 Å². The Kier molecular flexibility index (Phi) is 4.46. The number of urea groups is 1. The Bertz CT molecular complexity index is 382. The highest BCUT2D eigenvalue weighted by atomic mass is 16.5. The Labute approximate surface area is 116 Å². The number of hydrogen-bond donors (Lipinski definition) is 2. The van der Waals surface area contributed by atoms with E-state index in [-0.39, 0.29) is 25.3 Å². The summed E-state index contributed by atoms with van der Waals surface area (Å²) in [6, 6.07) is -0.122. The monoisotopic (exact) mass is 288 g/mol. The highest BCUT2D eigenvalue weighted by molar-refractivity contribution is 5.76. The Morgan fingerprint density at radius 1 is 1.40 bits per heavy atom. The number of likely N-dealkylation sites (tertiary alicyclic amines) is 1. The summed E-state index contributed by atoms with van der Waals surface area (Å²) in [7, 11) is 0. The van der Waals surface area contributed by atoms with Crippen molar-refractivity contribution in [1.29, 1.82) is 0 Å². The number of nitrogens with zero attached hydrogens (tertiary/aromatic N) is 2. The predicted octanol–water partition coefficient (Wildman–Crippen LogP) is -1.02. The fourth-order valence-corrected chi connectivity index (χ4v) is 2.43. The van der Waals surface area contributed by atoms with Crippen molar-refractivity contribution < 1.29 is 29.3 Å². The van der Waals surface area contributed by atoms with Crippen LogP contribution in [0.15, 0.2) is 0 Å². The number of amides is 2. The molecule has 2 rings (SSSR count). The largest absolute Gasteiger partial charge is 0.480 e. The van der Waals surface area contributed by atoms with Crippen LogP contribution < -0.4 is 0 Å². The topological polar surface area (TPSA) is 99.5 Å². The zero-order valence-corrected chi connectivity index (χ0v) is 11.4. The SMILES string of the molecule is CC1(OCC(=O)O)CN(C(=O)N2CCOC(CO)C2)C1. The molecule has 2 heterocycles. The molecule has 2 aliphatic rings. The van der Waals surface area contributed by atoms with Crippen molar-refractivity contribution in [3.63, 3.8) is 0 Å². The lowest BCUT2D eigenvalue weighted by Gasteiger charge is -2.49. The average molecular weight is 288 g/mol. The first-order chi connectivity index (χ1) is 9.43. The molecule has 8 nitrogen and oxygen atoms in total. The summed E-state index contributed by atoms with van der Waals surface area (Å²) in [6.45, 7) is 3.36. The van der Waals surface area contributed by atoms with Crippen LogP contribution in [-0.4, -0.2) is 89.7 Å². The number of aliphatic carboxylic acids is 1. The summed E-state index contributed by atoms with van der Waals surface area (Å²) >= 11 is 0. The Hall–Kier alpha value is -1.38. The lowest BCUT2D eigenvalue weighted by molar-refractivity contribution is -0.160.